The van der Waals surface area contributed by atoms with Gasteiger partial charge in [0.25, 0.3) is 0 Å². The number of hydrogen-bond acceptors (Lipinski definition) is 4. The Bertz CT molecular complexity index is 342. The molecule has 0 aromatic carbocycles. The maximum atomic E-state index is 11.0. The lowest BCUT2D eigenvalue weighted by Crippen LogP contribution is -2.45. The van der Waals surface area contributed by atoms with Crippen molar-refractivity contribution in [1.82, 2.24) is 10.2 Å². The van der Waals surface area contributed by atoms with Crippen LogP contribution in [0.4, 0.5) is 0 Å². The van der Waals surface area contributed by atoms with Gasteiger partial charge in [0.15, 0.2) is 0 Å². The second kappa shape index (κ2) is 5.67. The molecule has 100 valence electrons. The molecular weight excluding hydrogens is 236 g/mol. The summed E-state index contributed by atoms with van der Waals surface area (Å²) in [5, 5.41) is 3.55. The highest BCUT2D eigenvalue weighted by Gasteiger charge is 2.34. The lowest BCUT2D eigenvalue weighted by Gasteiger charge is -2.32. The topological polar surface area (TPSA) is 49.4 Å². The van der Waals surface area contributed by atoms with E-state index in [-0.39, 0.29) is 0 Å². The van der Waals surface area contributed by atoms with Gasteiger partial charge in [-0.15, -0.1) is 0 Å². The SMILES string of the molecule is CS(=O)(=O)CCCNC1CCN2CCCCC12. The Labute approximate surface area is 105 Å². The summed E-state index contributed by atoms with van der Waals surface area (Å²) in [5.41, 5.74) is 0. The van der Waals surface area contributed by atoms with Crippen LogP contribution in [0.3, 0.4) is 0 Å². The lowest BCUT2D eigenvalue weighted by atomic mass is 9.99. The zero-order valence-electron chi connectivity index (χ0n) is 10.7. The van der Waals surface area contributed by atoms with Gasteiger partial charge in [-0.25, -0.2) is 8.42 Å². The zero-order chi connectivity index (χ0) is 12.3. The van der Waals surface area contributed by atoms with E-state index in [2.05, 4.69) is 10.2 Å². The van der Waals surface area contributed by atoms with Crippen LogP contribution in [0.25, 0.3) is 0 Å². The first-order valence-corrected chi connectivity index (χ1v) is 8.77. The van der Waals surface area contributed by atoms with Crippen molar-refractivity contribution in [3.63, 3.8) is 0 Å². The molecule has 2 unspecified atom stereocenters. The summed E-state index contributed by atoms with van der Waals surface area (Å²) < 4.78 is 22.0. The molecule has 0 spiro atoms. The molecule has 0 aromatic heterocycles. The molecule has 4 nitrogen and oxygen atoms in total. The molecule has 0 aromatic rings. The molecule has 2 aliphatic heterocycles. The van der Waals surface area contributed by atoms with E-state index in [1.807, 2.05) is 0 Å². The third kappa shape index (κ3) is 3.93. The maximum Gasteiger partial charge on any atom is 0.147 e. The number of fused-ring (bicyclic) bond motifs is 1. The summed E-state index contributed by atoms with van der Waals surface area (Å²) in [6.45, 7) is 3.31. The largest absolute Gasteiger partial charge is 0.312 e. The molecule has 0 amide bonds. The second-order valence-corrected chi connectivity index (χ2v) is 7.69. The van der Waals surface area contributed by atoms with Gasteiger partial charge in [0.1, 0.15) is 9.84 Å². The van der Waals surface area contributed by atoms with Gasteiger partial charge in [0, 0.05) is 24.9 Å². The van der Waals surface area contributed by atoms with Crippen molar-refractivity contribution >= 4 is 9.84 Å². The molecular formula is C12H24N2O2S. The van der Waals surface area contributed by atoms with Crippen molar-refractivity contribution in [2.45, 2.75) is 44.2 Å². The van der Waals surface area contributed by atoms with Crippen molar-refractivity contribution < 1.29 is 8.42 Å². The van der Waals surface area contributed by atoms with E-state index >= 15 is 0 Å². The average molecular weight is 260 g/mol. The minimum Gasteiger partial charge on any atom is -0.312 e. The minimum atomic E-state index is -2.79. The monoisotopic (exact) mass is 260 g/mol. The lowest BCUT2D eigenvalue weighted by molar-refractivity contribution is 0.181. The van der Waals surface area contributed by atoms with E-state index in [1.54, 1.807) is 0 Å². The van der Waals surface area contributed by atoms with Gasteiger partial charge < -0.3 is 5.32 Å². The fraction of sp³-hybridized carbons (Fsp3) is 1.00. The molecule has 1 N–H and O–H groups in total. The van der Waals surface area contributed by atoms with Crippen LogP contribution in [-0.4, -0.2) is 57.0 Å². The number of rotatable bonds is 5. The summed E-state index contributed by atoms with van der Waals surface area (Å²) in [7, 11) is -2.79. The van der Waals surface area contributed by atoms with E-state index in [9.17, 15) is 8.42 Å². The standard InChI is InChI=1S/C12H24N2O2S/c1-17(15,16)10-4-7-13-11-6-9-14-8-3-2-5-12(11)14/h11-13H,2-10H2,1H3. The van der Waals surface area contributed by atoms with Crippen LogP contribution in [0, 0.1) is 0 Å². The highest BCUT2D eigenvalue weighted by molar-refractivity contribution is 7.90. The number of nitrogens with one attached hydrogen (secondary N) is 1. The first kappa shape index (κ1) is 13.3. The molecule has 2 rings (SSSR count). The number of sulfone groups is 1. The highest BCUT2D eigenvalue weighted by Crippen LogP contribution is 2.26. The fourth-order valence-corrected chi connectivity index (χ4v) is 3.78. The zero-order valence-corrected chi connectivity index (χ0v) is 11.5. The molecule has 17 heavy (non-hydrogen) atoms. The average Bonchev–Trinajstić information content (AvgIpc) is 2.67. The Morgan fingerprint density at radius 1 is 1.24 bits per heavy atom. The molecule has 2 heterocycles. The van der Waals surface area contributed by atoms with E-state index in [0.717, 1.165) is 13.0 Å². The summed E-state index contributed by atoms with van der Waals surface area (Å²) in [6.07, 6.45) is 7.28. The van der Waals surface area contributed by atoms with Crippen molar-refractivity contribution in [3.05, 3.63) is 0 Å². The van der Waals surface area contributed by atoms with Gasteiger partial charge in [-0.05, 0) is 38.8 Å². The molecule has 0 radical (unpaired) electrons. The first-order valence-electron chi connectivity index (χ1n) is 6.71. The van der Waals surface area contributed by atoms with Crippen molar-refractivity contribution in [1.29, 1.82) is 0 Å². The Morgan fingerprint density at radius 2 is 2.06 bits per heavy atom. The molecule has 2 atom stereocenters. The maximum absolute atomic E-state index is 11.0. The quantitative estimate of drug-likeness (QED) is 0.737. The minimum absolute atomic E-state index is 0.307. The molecule has 0 bridgehead atoms. The normalized spacial score (nSPS) is 30.4. The van der Waals surface area contributed by atoms with E-state index in [0.29, 0.717) is 17.8 Å². The van der Waals surface area contributed by atoms with Gasteiger partial charge in [0.2, 0.25) is 0 Å². The van der Waals surface area contributed by atoms with E-state index < -0.39 is 9.84 Å². The van der Waals surface area contributed by atoms with Gasteiger partial charge in [-0.3, -0.25) is 4.90 Å². The summed E-state index contributed by atoms with van der Waals surface area (Å²) >= 11 is 0. The van der Waals surface area contributed by atoms with Gasteiger partial charge >= 0.3 is 0 Å². The Morgan fingerprint density at radius 3 is 2.82 bits per heavy atom. The smallest absolute Gasteiger partial charge is 0.147 e. The molecule has 2 saturated heterocycles. The third-order valence-corrected chi connectivity index (χ3v) is 4.98. The number of piperidine rings is 1. The summed E-state index contributed by atoms with van der Waals surface area (Å²) in [4.78, 5) is 2.59. The third-order valence-electron chi connectivity index (χ3n) is 3.95. The van der Waals surface area contributed by atoms with Crippen molar-refractivity contribution in [3.8, 4) is 0 Å². The number of nitrogens with zero attached hydrogens (tertiary/aromatic N) is 1. The summed E-state index contributed by atoms with van der Waals surface area (Å²) in [6, 6.07) is 1.30. The Balaban J connectivity index is 1.69. The second-order valence-electron chi connectivity index (χ2n) is 5.43. The Kier molecular flexibility index (Phi) is 4.44. The predicted octanol–water partition coefficient (Wildman–Crippen LogP) is 0.638. The first-order chi connectivity index (χ1) is 8.06. The molecule has 0 saturated carbocycles. The van der Waals surface area contributed by atoms with Crippen molar-refractivity contribution in [2.75, 3.05) is 31.6 Å². The van der Waals surface area contributed by atoms with Crippen molar-refractivity contribution in [2.24, 2.45) is 0 Å². The molecule has 0 aliphatic carbocycles. The summed E-state index contributed by atoms with van der Waals surface area (Å²) in [5.74, 6) is 0.307. The Hall–Kier alpha value is -0.130. The number of hydrogen-bond donors (Lipinski definition) is 1. The van der Waals surface area contributed by atoms with E-state index in [1.165, 1.54) is 45.0 Å². The van der Waals surface area contributed by atoms with Crippen LogP contribution in [0.2, 0.25) is 0 Å². The van der Waals surface area contributed by atoms with E-state index in [4.69, 9.17) is 0 Å². The molecule has 5 heteroatoms. The molecule has 2 aliphatic rings. The van der Waals surface area contributed by atoms with Crippen LogP contribution in [0.5, 0.6) is 0 Å². The molecule has 2 fully saturated rings. The van der Waals surface area contributed by atoms with Crippen LogP contribution < -0.4 is 5.32 Å². The van der Waals surface area contributed by atoms with Gasteiger partial charge in [-0.2, -0.15) is 0 Å². The van der Waals surface area contributed by atoms with Gasteiger partial charge in [-0.1, -0.05) is 6.42 Å². The van der Waals surface area contributed by atoms with Crippen LogP contribution in [0.15, 0.2) is 0 Å². The predicted molar refractivity (Wildman–Crippen MR) is 69.9 cm³/mol. The van der Waals surface area contributed by atoms with Gasteiger partial charge in [0.05, 0.1) is 5.75 Å². The van der Waals surface area contributed by atoms with Crippen LogP contribution in [0.1, 0.15) is 32.1 Å². The fourth-order valence-electron chi connectivity index (χ4n) is 3.11. The van der Waals surface area contributed by atoms with Crippen LogP contribution in [-0.2, 0) is 9.84 Å². The van der Waals surface area contributed by atoms with Crippen LogP contribution >= 0.6 is 0 Å². The highest BCUT2D eigenvalue weighted by atomic mass is 32.2.